The highest BCUT2D eigenvalue weighted by molar-refractivity contribution is 6.74. The number of imidazole rings is 2. The molecule has 0 aliphatic carbocycles. The Hall–Kier alpha value is -6.18. The number of rotatable bonds is 19. The van der Waals surface area contributed by atoms with Gasteiger partial charge in [0, 0.05) is 97.9 Å². The highest BCUT2D eigenvalue weighted by atomic mass is 35.5. The van der Waals surface area contributed by atoms with Crippen LogP contribution < -0.4 is 26.2 Å². The van der Waals surface area contributed by atoms with Crippen LogP contribution in [0, 0.1) is 0 Å². The Balaban J connectivity index is 0.000000319. The second kappa shape index (κ2) is 31.5. The van der Waals surface area contributed by atoms with Crippen LogP contribution in [0.3, 0.4) is 0 Å². The Morgan fingerprint density at radius 1 is 0.720 bits per heavy atom. The zero-order valence-electron chi connectivity index (χ0n) is 51.6. The number of hydrazine groups is 2. The first-order valence-corrected chi connectivity index (χ1v) is 31.2. The predicted molar refractivity (Wildman–Crippen MR) is 334 cm³/mol. The summed E-state index contributed by atoms with van der Waals surface area (Å²) in [7, 11) is 2.41. The number of aliphatic hydroxyl groups is 1. The number of nitrogens with two attached hydrogens (primary N) is 1. The number of Topliss-reactive ketones (excluding diaryl/α,β-unsaturated/α-hetero) is 1. The first kappa shape index (κ1) is 70.1. The third-order valence-electron chi connectivity index (χ3n) is 12.9. The molecule has 2 amide bonds. The maximum Gasteiger partial charge on any atom is 0.265 e. The topological polar surface area (TPSA) is 205 Å². The van der Waals surface area contributed by atoms with E-state index < -0.39 is 8.32 Å². The summed E-state index contributed by atoms with van der Waals surface area (Å²) >= 11 is 12.2. The average molecular weight is 1190 g/mol. The van der Waals surface area contributed by atoms with Crippen LogP contribution in [0.15, 0.2) is 97.3 Å². The number of ether oxygens (including phenoxy) is 2. The molecule has 4 aromatic carbocycles. The van der Waals surface area contributed by atoms with Gasteiger partial charge >= 0.3 is 0 Å². The second-order valence-corrected chi connectivity index (χ2v) is 29.8. The Labute approximate surface area is 498 Å². The fraction of sp³-hybridized carbons (Fsp3) is 0.460. The molecule has 0 saturated heterocycles. The molecule has 6 rings (SSSR count). The lowest BCUT2D eigenvalue weighted by atomic mass is 9.96. The zero-order chi connectivity index (χ0) is 61.9. The number of aromatic nitrogens is 4. The van der Waals surface area contributed by atoms with Crippen molar-refractivity contribution in [1.29, 1.82) is 0 Å². The number of aliphatic hydroxyl groups excluding tert-OH is 1. The number of aldehydes is 1. The summed E-state index contributed by atoms with van der Waals surface area (Å²) in [5, 5.41) is 12.2. The van der Waals surface area contributed by atoms with Crippen molar-refractivity contribution in [2.45, 2.75) is 157 Å². The monoisotopic (exact) mass is 1180 g/mol. The van der Waals surface area contributed by atoms with Crippen molar-refractivity contribution in [3.8, 4) is 34.0 Å². The number of nitrogens with zero attached hydrogens (tertiary/aromatic N) is 5. The first-order valence-electron chi connectivity index (χ1n) is 27.6. The zero-order valence-corrected chi connectivity index (χ0v) is 54.1. The van der Waals surface area contributed by atoms with Crippen LogP contribution in [0.25, 0.3) is 22.5 Å². The minimum absolute atomic E-state index is 0.0132. The quantitative estimate of drug-likeness (QED) is 0.0197. The molecule has 19 heteroatoms. The summed E-state index contributed by atoms with van der Waals surface area (Å²) in [6.07, 6.45) is 6.03. The van der Waals surface area contributed by atoms with Crippen LogP contribution in [-0.2, 0) is 40.7 Å². The van der Waals surface area contributed by atoms with Crippen LogP contribution in [0.1, 0.15) is 158 Å². The van der Waals surface area contributed by atoms with E-state index in [0.717, 1.165) is 46.0 Å². The molecule has 0 aliphatic rings. The van der Waals surface area contributed by atoms with E-state index in [9.17, 15) is 24.3 Å². The van der Waals surface area contributed by atoms with Crippen LogP contribution in [-0.4, -0.2) is 93.4 Å². The number of amides is 2. The molecule has 0 aliphatic heterocycles. The van der Waals surface area contributed by atoms with Crippen LogP contribution in [0.5, 0.6) is 11.5 Å². The van der Waals surface area contributed by atoms with E-state index in [1.807, 2.05) is 108 Å². The molecule has 6 aromatic rings. The van der Waals surface area contributed by atoms with Gasteiger partial charge in [-0.25, -0.2) is 20.8 Å². The number of ketones is 1. The molecule has 448 valence electrons. The highest BCUT2D eigenvalue weighted by Gasteiger charge is 2.37. The minimum Gasteiger partial charge on any atom is -0.489 e. The van der Waals surface area contributed by atoms with Crippen molar-refractivity contribution in [2.24, 2.45) is 19.9 Å². The summed E-state index contributed by atoms with van der Waals surface area (Å²) < 4.78 is 21.0. The SMILES string of the molecule is CC(=O)CCO[Si](C)(C)C(C)(C)C.CC(C)Oc1ccc(C(=O)NN(CCCO)Cc2ccc(-c3cn(C)c(C(C)(C)C)n3)cc2)cc1Cl.CC(C)Oc1ccc(C(=O)NN)cc1Cl.Cn1cc(-c2ccc(C=O)cc2)nc1C(C)(C)C. The number of aryl methyl sites for hydroxylation is 2. The van der Waals surface area contributed by atoms with E-state index in [-0.39, 0.29) is 52.3 Å². The lowest BCUT2D eigenvalue weighted by molar-refractivity contribution is -0.117. The number of carbonyl (C=O) groups is 4. The Morgan fingerprint density at radius 3 is 1.51 bits per heavy atom. The predicted octanol–water partition coefficient (Wildman–Crippen LogP) is 13.3. The third-order valence-corrected chi connectivity index (χ3v) is 18.0. The fourth-order valence-corrected chi connectivity index (χ4v) is 9.21. The van der Waals surface area contributed by atoms with Crippen LogP contribution in [0.4, 0.5) is 0 Å². The molecule has 0 atom stereocenters. The van der Waals surface area contributed by atoms with Crippen LogP contribution in [0.2, 0.25) is 28.2 Å². The standard InChI is InChI=1S/C28H37ClN4O3.C15H18N2O.C10H13ClN2O2.C10H22O2Si/c1-19(2)36-25-13-12-22(16-23(25)29)26(35)31-33(14-7-15-34)17-20-8-10-21(11-9-20)24-18-32(6)27(30-24)28(3,4)5;1-15(2,3)14-16-13(9-17(14)4)12-7-5-11(10-18)6-8-12;1-6(2)15-9-4-3-7(5-8(9)11)10(14)13-12;1-9(11)7-8-12-13(5,6)10(2,3)4/h8-13,16,18-19,34H,7,14-15,17H2,1-6H3,(H,31,35);5-10H,1-4H3;3-6H,12H2,1-2H3,(H,13,14);7-8H2,1-6H3. The van der Waals surface area contributed by atoms with Gasteiger partial charge in [0.25, 0.3) is 11.8 Å². The smallest absolute Gasteiger partial charge is 0.265 e. The van der Waals surface area contributed by atoms with E-state index in [1.54, 1.807) is 42.3 Å². The molecule has 0 unspecified atom stereocenters. The summed E-state index contributed by atoms with van der Waals surface area (Å²) in [5.74, 6) is 7.74. The Morgan fingerprint density at radius 2 is 1.16 bits per heavy atom. The van der Waals surface area contributed by atoms with Crippen molar-refractivity contribution in [1.82, 2.24) is 35.0 Å². The molecular weight excluding hydrogens is 1100 g/mol. The van der Waals surface area contributed by atoms with Gasteiger partial charge in [-0.15, -0.1) is 0 Å². The molecule has 0 bridgehead atoms. The van der Waals surface area contributed by atoms with Crippen molar-refractivity contribution in [2.75, 3.05) is 19.8 Å². The molecule has 5 N–H and O–H groups in total. The largest absolute Gasteiger partial charge is 0.489 e. The minimum atomic E-state index is -1.62. The van der Waals surface area contributed by atoms with E-state index in [2.05, 4.69) is 95.0 Å². The number of nitrogen functional groups attached to an aromatic ring is 1. The number of hydrogen-bond acceptors (Lipinski definition) is 12. The number of nitrogens with one attached hydrogen (secondary N) is 2. The summed E-state index contributed by atoms with van der Waals surface area (Å²) in [5.41, 5.74) is 11.5. The van der Waals surface area contributed by atoms with Crippen molar-refractivity contribution in [3.05, 3.63) is 141 Å². The lowest BCUT2D eigenvalue weighted by Gasteiger charge is -2.36. The van der Waals surface area contributed by atoms with E-state index >= 15 is 0 Å². The number of hydrogen-bond donors (Lipinski definition) is 4. The first-order chi connectivity index (χ1) is 38.1. The molecule has 2 aromatic heterocycles. The van der Waals surface area contributed by atoms with Gasteiger partial charge in [0.05, 0.1) is 33.6 Å². The fourth-order valence-electron chi connectivity index (χ4n) is 7.72. The van der Waals surface area contributed by atoms with Gasteiger partial charge in [0.15, 0.2) is 8.32 Å². The molecule has 0 saturated carbocycles. The van der Waals surface area contributed by atoms with E-state index in [1.165, 1.54) is 6.07 Å². The van der Waals surface area contributed by atoms with Crippen molar-refractivity contribution in [3.63, 3.8) is 0 Å². The lowest BCUT2D eigenvalue weighted by Crippen LogP contribution is -2.42. The van der Waals surface area contributed by atoms with Crippen molar-refractivity contribution < 1.29 is 38.2 Å². The molecular formula is C63H90Cl2N8O8Si. The number of halogens is 2. The average Bonchev–Trinajstić information content (AvgIpc) is 4.00. The van der Waals surface area contributed by atoms with Crippen LogP contribution >= 0.6 is 23.2 Å². The highest BCUT2D eigenvalue weighted by Crippen LogP contribution is 2.37. The summed E-state index contributed by atoms with van der Waals surface area (Å²) in [4.78, 5) is 54.9. The molecule has 0 spiro atoms. The van der Waals surface area contributed by atoms with Gasteiger partial charge in [-0.1, -0.05) is 134 Å². The van der Waals surface area contributed by atoms with E-state index in [4.69, 9.17) is 47.9 Å². The maximum absolute atomic E-state index is 12.9. The Bertz CT molecular complexity index is 3010. The second-order valence-electron chi connectivity index (χ2n) is 24.2. The molecule has 2 heterocycles. The Kier molecular flexibility index (Phi) is 26.9. The van der Waals surface area contributed by atoms with Crippen molar-refractivity contribution >= 4 is 55.4 Å². The van der Waals surface area contributed by atoms with Gasteiger partial charge in [-0.2, -0.15) is 0 Å². The molecule has 0 radical (unpaired) electrons. The van der Waals surface area contributed by atoms with Gasteiger partial charge in [-0.3, -0.25) is 30.0 Å². The number of carbonyl (C=O) groups excluding carboxylic acids is 4. The molecule has 82 heavy (non-hydrogen) atoms. The van der Waals surface area contributed by atoms with E-state index in [0.29, 0.717) is 70.8 Å². The maximum atomic E-state index is 12.9. The summed E-state index contributed by atoms with van der Waals surface area (Å²) in [6, 6.07) is 25.4. The normalized spacial score (nSPS) is 11.7. The third kappa shape index (κ3) is 22.5. The summed E-state index contributed by atoms with van der Waals surface area (Å²) in [6.45, 7) is 34.8. The molecule has 16 nitrogen and oxygen atoms in total. The van der Waals surface area contributed by atoms with Gasteiger partial charge in [-0.05, 0) is 101 Å². The molecule has 0 fully saturated rings. The van der Waals surface area contributed by atoms with Gasteiger partial charge in [0.2, 0.25) is 0 Å². The number of benzene rings is 4. The van der Waals surface area contributed by atoms with Gasteiger partial charge < -0.3 is 28.1 Å². The van der Waals surface area contributed by atoms with Gasteiger partial charge in [0.1, 0.15) is 35.2 Å².